The van der Waals surface area contributed by atoms with Crippen LogP contribution >= 0.6 is 0 Å². The molecule has 0 aliphatic heterocycles. The van der Waals surface area contributed by atoms with Crippen LogP contribution in [-0.4, -0.2) is 17.4 Å². The van der Waals surface area contributed by atoms with E-state index in [1.807, 2.05) is 18.2 Å². The normalized spacial score (nSPS) is 11.0. The van der Waals surface area contributed by atoms with Crippen molar-refractivity contribution in [3.05, 3.63) is 65.9 Å². The molecule has 0 saturated carbocycles. The zero-order valence-electron chi connectivity index (χ0n) is 10.8. The molecular formula is C16H11F2NO2. The Balaban J connectivity index is 2.06. The second-order valence-corrected chi connectivity index (χ2v) is 4.45. The lowest BCUT2D eigenvalue weighted by Gasteiger charge is -2.09. The molecule has 0 atom stereocenters. The molecular weight excluding hydrogens is 276 g/mol. The molecule has 0 radical (unpaired) electrons. The number of benzene rings is 2. The SMILES string of the molecule is O=C(c1ccccc1OC(F)F)c1c[nH]c2ccccc12. The van der Waals surface area contributed by atoms with Gasteiger partial charge in [0.2, 0.25) is 0 Å². The third-order valence-electron chi connectivity index (χ3n) is 3.18. The Kier molecular flexibility index (Phi) is 3.39. The van der Waals surface area contributed by atoms with Crippen LogP contribution in [0.25, 0.3) is 10.9 Å². The highest BCUT2D eigenvalue weighted by molar-refractivity contribution is 6.17. The van der Waals surface area contributed by atoms with E-state index in [0.29, 0.717) is 5.56 Å². The molecule has 3 aromatic rings. The van der Waals surface area contributed by atoms with Gasteiger partial charge in [-0.25, -0.2) is 0 Å². The second kappa shape index (κ2) is 5.36. The van der Waals surface area contributed by atoms with Gasteiger partial charge < -0.3 is 9.72 Å². The van der Waals surface area contributed by atoms with Crippen molar-refractivity contribution < 1.29 is 18.3 Å². The minimum Gasteiger partial charge on any atom is -0.434 e. The quantitative estimate of drug-likeness (QED) is 0.737. The van der Waals surface area contributed by atoms with Gasteiger partial charge in [-0.15, -0.1) is 0 Å². The first kappa shape index (κ1) is 13.3. The average molecular weight is 287 g/mol. The van der Waals surface area contributed by atoms with Crippen LogP contribution in [0, 0.1) is 0 Å². The number of carbonyl (C=O) groups excluding carboxylic acids is 1. The van der Waals surface area contributed by atoms with Crippen LogP contribution in [0.3, 0.4) is 0 Å². The molecule has 1 heterocycles. The van der Waals surface area contributed by atoms with Gasteiger partial charge in [0.1, 0.15) is 5.75 Å². The Labute approximate surface area is 119 Å². The van der Waals surface area contributed by atoms with Gasteiger partial charge >= 0.3 is 6.61 Å². The Morgan fingerprint density at radius 1 is 1.00 bits per heavy atom. The van der Waals surface area contributed by atoms with E-state index < -0.39 is 6.61 Å². The van der Waals surface area contributed by atoms with Crippen LogP contribution in [0.15, 0.2) is 54.7 Å². The van der Waals surface area contributed by atoms with Crippen molar-refractivity contribution >= 4 is 16.7 Å². The van der Waals surface area contributed by atoms with Gasteiger partial charge in [-0.1, -0.05) is 30.3 Å². The smallest absolute Gasteiger partial charge is 0.387 e. The van der Waals surface area contributed by atoms with Crippen LogP contribution < -0.4 is 4.74 Å². The lowest BCUT2D eigenvalue weighted by molar-refractivity contribution is -0.0501. The van der Waals surface area contributed by atoms with Gasteiger partial charge in [0.05, 0.1) is 5.56 Å². The van der Waals surface area contributed by atoms with Gasteiger partial charge in [0.15, 0.2) is 5.78 Å². The second-order valence-electron chi connectivity index (χ2n) is 4.45. The summed E-state index contributed by atoms with van der Waals surface area (Å²) >= 11 is 0. The summed E-state index contributed by atoms with van der Waals surface area (Å²) in [6.07, 6.45) is 1.58. The number of carbonyl (C=O) groups is 1. The average Bonchev–Trinajstić information content (AvgIpc) is 2.90. The summed E-state index contributed by atoms with van der Waals surface area (Å²) in [6.45, 7) is -2.97. The van der Waals surface area contributed by atoms with E-state index in [1.54, 1.807) is 24.4 Å². The molecule has 0 bridgehead atoms. The monoisotopic (exact) mass is 287 g/mol. The summed E-state index contributed by atoms with van der Waals surface area (Å²) in [6, 6.07) is 13.3. The number of nitrogens with one attached hydrogen (secondary N) is 1. The molecule has 0 aliphatic carbocycles. The number of alkyl halides is 2. The lowest BCUT2D eigenvalue weighted by atomic mass is 10.0. The van der Waals surface area contributed by atoms with E-state index in [0.717, 1.165) is 10.9 Å². The largest absolute Gasteiger partial charge is 0.434 e. The summed E-state index contributed by atoms with van der Waals surface area (Å²) in [7, 11) is 0. The first-order valence-electron chi connectivity index (χ1n) is 6.31. The Morgan fingerprint density at radius 2 is 1.71 bits per heavy atom. The zero-order valence-corrected chi connectivity index (χ0v) is 10.8. The van der Waals surface area contributed by atoms with Gasteiger partial charge in [0, 0.05) is 22.7 Å². The van der Waals surface area contributed by atoms with Crippen molar-refractivity contribution in [1.29, 1.82) is 0 Å². The molecule has 1 aromatic heterocycles. The van der Waals surface area contributed by atoms with Crippen LogP contribution in [0.4, 0.5) is 8.78 Å². The van der Waals surface area contributed by atoms with Gasteiger partial charge in [0.25, 0.3) is 0 Å². The molecule has 1 N–H and O–H groups in total. The predicted octanol–water partition coefficient (Wildman–Crippen LogP) is 4.00. The van der Waals surface area contributed by atoms with Crippen molar-refractivity contribution in [3.63, 3.8) is 0 Å². The third-order valence-corrected chi connectivity index (χ3v) is 3.18. The summed E-state index contributed by atoms with van der Waals surface area (Å²) in [5.41, 5.74) is 1.35. The highest BCUT2D eigenvalue weighted by Gasteiger charge is 2.19. The topological polar surface area (TPSA) is 42.1 Å². The summed E-state index contributed by atoms with van der Waals surface area (Å²) in [4.78, 5) is 15.6. The molecule has 0 aliphatic rings. The van der Waals surface area contributed by atoms with E-state index in [4.69, 9.17) is 0 Å². The number of aromatic amines is 1. The minimum absolute atomic E-state index is 0.113. The summed E-state index contributed by atoms with van der Waals surface area (Å²) in [5, 5.41) is 0.745. The fourth-order valence-corrected chi connectivity index (χ4v) is 2.26. The molecule has 0 saturated heterocycles. The fourth-order valence-electron chi connectivity index (χ4n) is 2.26. The number of H-pyrrole nitrogens is 1. The molecule has 2 aromatic carbocycles. The number of ketones is 1. The van der Waals surface area contributed by atoms with E-state index in [-0.39, 0.29) is 17.1 Å². The molecule has 0 amide bonds. The number of hydrogen-bond donors (Lipinski definition) is 1. The molecule has 0 fully saturated rings. The third kappa shape index (κ3) is 2.50. The van der Waals surface area contributed by atoms with Crippen LogP contribution in [0.5, 0.6) is 5.75 Å². The number of hydrogen-bond acceptors (Lipinski definition) is 2. The van der Waals surface area contributed by atoms with Crippen LogP contribution in [-0.2, 0) is 0 Å². The molecule has 0 spiro atoms. The number of ether oxygens (including phenoxy) is 1. The number of rotatable bonds is 4. The predicted molar refractivity (Wildman–Crippen MR) is 74.8 cm³/mol. The van der Waals surface area contributed by atoms with Crippen molar-refractivity contribution in [2.24, 2.45) is 0 Å². The molecule has 106 valence electrons. The maximum atomic E-state index is 12.6. The minimum atomic E-state index is -2.97. The van der Waals surface area contributed by atoms with Crippen LogP contribution in [0.2, 0.25) is 0 Å². The van der Waals surface area contributed by atoms with Gasteiger partial charge in [-0.2, -0.15) is 8.78 Å². The number of halogens is 2. The maximum absolute atomic E-state index is 12.6. The summed E-state index contributed by atoms with van der Waals surface area (Å²) < 4.78 is 29.3. The first-order chi connectivity index (χ1) is 10.2. The molecule has 21 heavy (non-hydrogen) atoms. The summed E-state index contributed by atoms with van der Waals surface area (Å²) in [5.74, 6) is -0.480. The Hall–Kier alpha value is -2.69. The van der Waals surface area contributed by atoms with E-state index in [1.165, 1.54) is 12.1 Å². The van der Waals surface area contributed by atoms with E-state index >= 15 is 0 Å². The van der Waals surface area contributed by atoms with Crippen molar-refractivity contribution in [2.45, 2.75) is 6.61 Å². The molecule has 0 unspecified atom stereocenters. The molecule has 5 heteroatoms. The highest BCUT2D eigenvalue weighted by Crippen LogP contribution is 2.26. The van der Waals surface area contributed by atoms with E-state index in [9.17, 15) is 13.6 Å². The van der Waals surface area contributed by atoms with Crippen LogP contribution in [0.1, 0.15) is 15.9 Å². The van der Waals surface area contributed by atoms with Crippen molar-refractivity contribution in [1.82, 2.24) is 4.98 Å². The fraction of sp³-hybridized carbons (Fsp3) is 0.0625. The zero-order chi connectivity index (χ0) is 14.8. The standard InChI is InChI=1S/C16H11F2NO2/c17-16(18)21-14-8-4-2-6-11(14)15(20)12-9-19-13-7-3-1-5-10(12)13/h1-9,16,19H. The van der Waals surface area contributed by atoms with Gasteiger partial charge in [-0.3, -0.25) is 4.79 Å². The Morgan fingerprint density at radius 3 is 2.52 bits per heavy atom. The number of fused-ring (bicyclic) bond motifs is 1. The number of aromatic nitrogens is 1. The van der Waals surface area contributed by atoms with E-state index in [2.05, 4.69) is 9.72 Å². The maximum Gasteiger partial charge on any atom is 0.387 e. The highest BCUT2D eigenvalue weighted by atomic mass is 19.3. The van der Waals surface area contributed by atoms with Crippen molar-refractivity contribution in [2.75, 3.05) is 0 Å². The lowest BCUT2D eigenvalue weighted by Crippen LogP contribution is -2.08. The number of para-hydroxylation sites is 2. The molecule has 3 nitrogen and oxygen atoms in total. The van der Waals surface area contributed by atoms with Crippen molar-refractivity contribution in [3.8, 4) is 5.75 Å². The first-order valence-corrected chi connectivity index (χ1v) is 6.31. The Bertz CT molecular complexity index is 796. The molecule has 3 rings (SSSR count). The van der Waals surface area contributed by atoms with Gasteiger partial charge in [-0.05, 0) is 18.2 Å².